The van der Waals surface area contributed by atoms with Crippen LogP contribution in [-0.4, -0.2) is 43.3 Å². The number of ether oxygens (including phenoxy) is 1. The monoisotopic (exact) mass is 254 g/mol. The van der Waals surface area contributed by atoms with E-state index in [0.717, 1.165) is 0 Å². The fourth-order valence-electron chi connectivity index (χ4n) is 1.55. The molecule has 0 aromatic carbocycles. The van der Waals surface area contributed by atoms with Crippen LogP contribution < -0.4 is 9.80 Å². The van der Waals surface area contributed by atoms with Gasteiger partial charge in [-0.05, 0) is 6.92 Å². The summed E-state index contributed by atoms with van der Waals surface area (Å²) in [7, 11) is 0. The third kappa shape index (κ3) is 3.27. The van der Waals surface area contributed by atoms with Crippen molar-refractivity contribution in [3.63, 3.8) is 0 Å². The molecule has 0 bridgehead atoms. The molecule has 0 saturated carbocycles. The molecule has 2 heterocycles. The van der Waals surface area contributed by atoms with E-state index in [4.69, 9.17) is 9.26 Å². The molecule has 1 aliphatic rings. The van der Waals surface area contributed by atoms with Gasteiger partial charge in [-0.25, -0.2) is 0 Å². The number of ketones is 1. The molecule has 0 unspecified atom stereocenters. The summed E-state index contributed by atoms with van der Waals surface area (Å²) >= 11 is 0. The number of Topliss-reactive ketones (excluding diaryl/α,β-unsaturated/α-hetero) is 1. The summed E-state index contributed by atoms with van der Waals surface area (Å²) in [5.41, 5.74) is 0. The lowest BCUT2D eigenvalue weighted by Gasteiger charge is -2.18. The highest BCUT2D eigenvalue weighted by molar-refractivity contribution is 6.06. The zero-order chi connectivity index (χ0) is 13.0. The molecule has 1 aromatic rings. The summed E-state index contributed by atoms with van der Waals surface area (Å²) in [6.07, 6.45) is 1.28. The van der Waals surface area contributed by atoms with Gasteiger partial charge in [-0.3, -0.25) is 4.79 Å². The molecule has 18 heavy (non-hydrogen) atoms. The molecule has 0 N–H and O–H groups in total. The minimum absolute atomic E-state index is 0.0905. The van der Waals surface area contributed by atoms with Crippen LogP contribution in [0.15, 0.2) is 10.7 Å². The highest BCUT2D eigenvalue weighted by atomic mass is 16.5. The van der Waals surface area contributed by atoms with Gasteiger partial charge in [0.2, 0.25) is 5.27 Å². The molecule has 1 fully saturated rings. The first-order valence-electron chi connectivity index (χ1n) is 5.61. The van der Waals surface area contributed by atoms with Crippen molar-refractivity contribution in [1.29, 1.82) is 0 Å². The van der Waals surface area contributed by atoms with E-state index < -0.39 is 5.91 Å². The van der Waals surface area contributed by atoms with Gasteiger partial charge in [-0.15, -0.1) is 5.01 Å². The molecule has 1 saturated heterocycles. The van der Waals surface area contributed by atoms with Crippen molar-refractivity contribution in [1.82, 2.24) is 5.27 Å². The molecule has 1 aliphatic heterocycles. The average molecular weight is 254 g/mol. The van der Waals surface area contributed by atoms with Crippen LogP contribution >= 0.6 is 0 Å². The summed E-state index contributed by atoms with van der Waals surface area (Å²) in [6.45, 7) is 3.96. The lowest BCUT2D eigenvalue weighted by Crippen LogP contribution is -2.62. The summed E-state index contributed by atoms with van der Waals surface area (Å²) in [6, 6.07) is 0. The van der Waals surface area contributed by atoms with E-state index in [9.17, 15) is 9.59 Å². The fourth-order valence-corrected chi connectivity index (χ4v) is 1.55. The summed E-state index contributed by atoms with van der Waals surface area (Å²) in [5, 5.41) is 9.30. The molecule has 1 amide bonds. The van der Waals surface area contributed by atoms with Crippen LogP contribution in [0.25, 0.3) is 5.32 Å². The smallest absolute Gasteiger partial charge is 0.257 e. The van der Waals surface area contributed by atoms with E-state index in [1.165, 1.54) is 17.9 Å². The number of morpholine rings is 1. The van der Waals surface area contributed by atoms with Crippen molar-refractivity contribution in [2.24, 2.45) is 0 Å². The van der Waals surface area contributed by atoms with Crippen molar-refractivity contribution < 1.29 is 23.6 Å². The van der Waals surface area contributed by atoms with Crippen LogP contribution in [0.5, 0.6) is 0 Å². The second-order valence-corrected chi connectivity index (χ2v) is 3.91. The largest absolute Gasteiger partial charge is 0.588 e. The van der Waals surface area contributed by atoms with E-state index in [0.29, 0.717) is 26.3 Å². The van der Waals surface area contributed by atoms with E-state index >= 15 is 0 Å². The predicted molar refractivity (Wildman–Crippen MR) is 58.8 cm³/mol. The number of hydrogen-bond donors (Lipinski definition) is 0. The Morgan fingerprint density at radius 2 is 2.22 bits per heavy atom. The maximum absolute atomic E-state index is 11.3. The third-order valence-electron chi connectivity index (χ3n) is 2.36. The van der Waals surface area contributed by atoms with Gasteiger partial charge >= 0.3 is 0 Å². The molecule has 2 rings (SSSR count). The number of carbonyl (C=O) groups excluding carboxylic acids is 2. The first-order chi connectivity index (χ1) is 8.65. The van der Waals surface area contributed by atoms with Gasteiger partial charge in [0.25, 0.3) is 6.20 Å². The van der Waals surface area contributed by atoms with E-state index in [1.807, 2.05) is 5.01 Å². The lowest BCUT2D eigenvalue weighted by atomic mass is 10.3. The second kappa shape index (κ2) is 5.58. The fraction of sp³-hybridized carbons (Fsp3) is 0.600. The Kier molecular flexibility index (Phi) is 3.88. The molecule has 98 valence electrons. The Balaban J connectivity index is 1.93. The van der Waals surface area contributed by atoms with Gasteiger partial charge < -0.3 is 19.4 Å². The number of nitrogens with zero attached hydrogens (tertiary/aromatic N) is 4. The van der Waals surface area contributed by atoms with Crippen LogP contribution in [0.3, 0.4) is 0 Å². The van der Waals surface area contributed by atoms with Gasteiger partial charge in [0.05, 0.1) is 37.0 Å². The summed E-state index contributed by atoms with van der Waals surface area (Å²) in [5.74, 6) is -0.676. The molecule has 8 nitrogen and oxygen atoms in total. The van der Waals surface area contributed by atoms with Crippen molar-refractivity contribution in [3.8, 4) is 0 Å². The van der Waals surface area contributed by atoms with Crippen LogP contribution in [0.4, 0.5) is 5.88 Å². The van der Waals surface area contributed by atoms with E-state index in [1.54, 1.807) is 0 Å². The van der Waals surface area contributed by atoms with Crippen LogP contribution in [0, 0.1) is 0 Å². The van der Waals surface area contributed by atoms with Gasteiger partial charge in [-0.1, -0.05) is 0 Å². The highest BCUT2D eigenvalue weighted by Gasteiger charge is 2.20. The Labute approximate surface area is 103 Å². The minimum Gasteiger partial charge on any atom is -0.588 e. The molecule has 1 aromatic heterocycles. The Hall–Kier alpha value is -1.96. The van der Waals surface area contributed by atoms with Crippen molar-refractivity contribution in [2.75, 3.05) is 31.3 Å². The molecular formula is C10H14N4O4. The van der Waals surface area contributed by atoms with E-state index in [2.05, 4.69) is 10.6 Å². The minimum atomic E-state index is -0.534. The van der Waals surface area contributed by atoms with Crippen LogP contribution in [-0.2, 0) is 14.3 Å². The van der Waals surface area contributed by atoms with Gasteiger partial charge in [0.1, 0.15) is 11.7 Å². The third-order valence-corrected chi connectivity index (χ3v) is 2.36. The second-order valence-electron chi connectivity index (χ2n) is 3.91. The molecule has 0 radical (unpaired) electrons. The lowest BCUT2D eigenvalue weighted by molar-refractivity contribution is -0.759. The standard InChI is InChI=1S/C10H14N4O4/c1-8(15)6-9(16)11-10-7-14(12-18-10)13-2-4-17-5-3-13/h7H,2-6H2,1H3. The number of amides is 1. The average Bonchev–Trinajstić information content (AvgIpc) is 2.77. The molecule has 8 heteroatoms. The first-order valence-corrected chi connectivity index (χ1v) is 5.61. The predicted octanol–water partition coefficient (Wildman–Crippen LogP) is -0.559. The number of rotatable bonds is 4. The topological polar surface area (TPSA) is 90.6 Å². The molecular weight excluding hydrogens is 240 g/mol. The number of aromatic nitrogens is 2. The zero-order valence-electron chi connectivity index (χ0n) is 10.0. The van der Waals surface area contributed by atoms with Crippen molar-refractivity contribution in [2.45, 2.75) is 13.3 Å². The summed E-state index contributed by atoms with van der Waals surface area (Å²) in [4.78, 5) is 23.5. The first kappa shape index (κ1) is 12.5. The Morgan fingerprint density at radius 1 is 1.50 bits per heavy atom. The molecule has 0 aliphatic carbocycles. The maximum atomic E-state index is 11.3. The normalized spacial score (nSPS) is 15.5. The Morgan fingerprint density at radius 3 is 2.89 bits per heavy atom. The number of carbonyl (C=O) groups is 2. The van der Waals surface area contributed by atoms with E-state index in [-0.39, 0.29) is 18.1 Å². The molecule has 0 spiro atoms. The summed E-state index contributed by atoms with van der Waals surface area (Å²) < 4.78 is 10.1. The van der Waals surface area contributed by atoms with Crippen molar-refractivity contribution in [3.05, 3.63) is 11.5 Å². The SMILES string of the molecule is CC(=O)CC(=O)[N-]c1c[n+](N2CCOCC2)no1. The van der Waals surface area contributed by atoms with Crippen LogP contribution in [0.2, 0.25) is 0 Å². The Bertz CT molecular complexity index is 439. The van der Waals surface area contributed by atoms with Gasteiger partial charge in [0, 0.05) is 6.42 Å². The van der Waals surface area contributed by atoms with Gasteiger partial charge in [0.15, 0.2) is 0 Å². The quantitative estimate of drug-likeness (QED) is 0.528. The number of hydrogen-bond acceptors (Lipinski definition) is 6. The zero-order valence-corrected chi connectivity index (χ0v) is 10.0. The van der Waals surface area contributed by atoms with Crippen LogP contribution in [0.1, 0.15) is 13.3 Å². The highest BCUT2D eigenvalue weighted by Crippen LogP contribution is 2.15. The maximum Gasteiger partial charge on any atom is 0.257 e. The van der Waals surface area contributed by atoms with Crippen molar-refractivity contribution >= 4 is 17.6 Å². The van der Waals surface area contributed by atoms with Gasteiger partial charge in [-0.2, -0.15) is 0 Å². The molecule has 0 atom stereocenters.